The maximum atomic E-state index is 13.2. The second-order valence-corrected chi connectivity index (χ2v) is 8.34. The van der Waals surface area contributed by atoms with Gasteiger partial charge in [-0.3, -0.25) is 9.58 Å². The number of aryl methyl sites for hydroxylation is 2. The third kappa shape index (κ3) is 4.37. The van der Waals surface area contributed by atoms with Gasteiger partial charge in [0.15, 0.2) is 10.9 Å². The Morgan fingerprint density at radius 2 is 1.79 bits per heavy atom. The SMILES string of the molecule is CSc1nc(N2CCN(Cc3c4c(nn3C)CCCC4)CC2)cc(C(F)(F)F)n1. The summed E-state index contributed by atoms with van der Waals surface area (Å²) in [5, 5.41) is 4.84. The molecule has 0 unspecified atom stereocenters. The zero-order valence-electron chi connectivity index (χ0n) is 16.7. The Labute approximate surface area is 172 Å². The summed E-state index contributed by atoms with van der Waals surface area (Å²) in [7, 11) is 2.01. The Hall–Kier alpha value is -1.81. The van der Waals surface area contributed by atoms with E-state index in [2.05, 4.69) is 20.0 Å². The van der Waals surface area contributed by atoms with E-state index in [1.165, 1.54) is 29.8 Å². The van der Waals surface area contributed by atoms with Gasteiger partial charge in [0.05, 0.1) is 11.4 Å². The molecule has 0 spiro atoms. The Morgan fingerprint density at radius 1 is 1.07 bits per heavy atom. The summed E-state index contributed by atoms with van der Waals surface area (Å²) in [6.45, 7) is 3.67. The van der Waals surface area contributed by atoms with Crippen molar-refractivity contribution in [3.63, 3.8) is 0 Å². The minimum Gasteiger partial charge on any atom is -0.354 e. The molecule has 29 heavy (non-hydrogen) atoms. The van der Waals surface area contributed by atoms with E-state index in [9.17, 15) is 13.2 Å². The predicted octanol–water partition coefficient (Wildman–Crippen LogP) is 3.15. The van der Waals surface area contributed by atoms with Crippen LogP contribution in [0.5, 0.6) is 0 Å². The number of nitrogens with zero attached hydrogens (tertiary/aromatic N) is 6. The molecular formula is C19H25F3N6S. The van der Waals surface area contributed by atoms with Crippen LogP contribution in [0.3, 0.4) is 0 Å². The van der Waals surface area contributed by atoms with Gasteiger partial charge < -0.3 is 4.90 Å². The molecule has 0 atom stereocenters. The fraction of sp³-hybridized carbons (Fsp3) is 0.632. The first-order chi connectivity index (χ1) is 13.8. The molecule has 1 fully saturated rings. The Balaban J connectivity index is 1.45. The molecule has 0 radical (unpaired) electrons. The van der Waals surface area contributed by atoms with Crippen molar-refractivity contribution < 1.29 is 13.2 Å². The zero-order chi connectivity index (χ0) is 20.6. The average molecular weight is 427 g/mol. The fourth-order valence-corrected chi connectivity index (χ4v) is 4.48. The number of thioether (sulfide) groups is 1. The predicted molar refractivity (Wildman–Crippen MR) is 106 cm³/mol. The second-order valence-electron chi connectivity index (χ2n) is 7.56. The number of anilines is 1. The molecule has 158 valence electrons. The lowest BCUT2D eigenvalue weighted by Gasteiger charge is -2.35. The van der Waals surface area contributed by atoms with Crippen molar-refractivity contribution in [2.45, 2.75) is 43.6 Å². The van der Waals surface area contributed by atoms with E-state index in [1.807, 2.05) is 16.6 Å². The normalized spacial score (nSPS) is 18.2. The number of aromatic nitrogens is 4. The molecule has 0 bridgehead atoms. The van der Waals surface area contributed by atoms with Gasteiger partial charge in [0.2, 0.25) is 0 Å². The summed E-state index contributed by atoms with van der Waals surface area (Å²) in [5.74, 6) is 0.356. The molecule has 1 aliphatic carbocycles. The third-order valence-corrected chi connectivity index (χ3v) is 6.23. The molecule has 1 aliphatic heterocycles. The molecular weight excluding hydrogens is 401 g/mol. The molecule has 2 aromatic rings. The number of fused-ring (bicyclic) bond motifs is 1. The molecule has 0 amide bonds. The first kappa shape index (κ1) is 20.5. The summed E-state index contributed by atoms with van der Waals surface area (Å²) in [6, 6.07) is 1.06. The van der Waals surface area contributed by atoms with Gasteiger partial charge in [0.1, 0.15) is 5.82 Å². The van der Waals surface area contributed by atoms with Gasteiger partial charge in [-0.1, -0.05) is 11.8 Å². The minimum absolute atomic E-state index is 0.152. The van der Waals surface area contributed by atoms with Crippen LogP contribution >= 0.6 is 11.8 Å². The lowest BCUT2D eigenvalue weighted by atomic mass is 9.95. The molecule has 2 aliphatic rings. The second kappa shape index (κ2) is 8.14. The molecule has 2 aromatic heterocycles. The maximum Gasteiger partial charge on any atom is 0.433 e. The van der Waals surface area contributed by atoms with Crippen molar-refractivity contribution in [3.8, 4) is 0 Å². The van der Waals surface area contributed by atoms with Crippen molar-refractivity contribution in [3.05, 3.63) is 28.7 Å². The van der Waals surface area contributed by atoms with Crippen molar-refractivity contribution >= 4 is 17.6 Å². The number of rotatable bonds is 4. The van der Waals surface area contributed by atoms with E-state index >= 15 is 0 Å². The molecule has 0 aromatic carbocycles. The lowest BCUT2D eigenvalue weighted by molar-refractivity contribution is -0.141. The molecule has 6 nitrogen and oxygen atoms in total. The van der Waals surface area contributed by atoms with Crippen LogP contribution in [-0.2, 0) is 32.6 Å². The van der Waals surface area contributed by atoms with E-state index in [-0.39, 0.29) is 5.16 Å². The standard InChI is InChI=1S/C19H25F3N6S/c1-26-15(13-5-3-4-6-14(13)25-26)12-27-7-9-28(10-8-27)17-11-16(19(20,21)22)23-18(24-17)29-2/h11H,3-10,12H2,1-2H3. The Bertz CT molecular complexity index is 874. The van der Waals surface area contributed by atoms with Crippen molar-refractivity contribution in [1.82, 2.24) is 24.6 Å². The van der Waals surface area contributed by atoms with E-state index < -0.39 is 11.9 Å². The van der Waals surface area contributed by atoms with Crippen LogP contribution in [0, 0.1) is 0 Å². The fourth-order valence-electron chi connectivity index (χ4n) is 4.10. The molecule has 3 heterocycles. The van der Waals surface area contributed by atoms with Crippen molar-refractivity contribution in [2.24, 2.45) is 7.05 Å². The number of halogens is 3. The first-order valence-electron chi connectivity index (χ1n) is 9.86. The summed E-state index contributed by atoms with van der Waals surface area (Å²) in [6.07, 6.45) is 1.79. The smallest absolute Gasteiger partial charge is 0.354 e. The molecule has 1 saturated heterocycles. The highest BCUT2D eigenvalue weighted by Gasteiger charge is 2.34. The highest BCUT2D eigenvalue weighted by molar-refractivity contribution is 7.98. The number of piperazine rings is 1. The molecule has 4 rings (SSSR count). The highest BCUT2D eigenvalue weighted by atomic mass is 32.2. The topological polar surface area (TPSA) is 50.1 Å². The van der Waals surface area contributed by atoms with E-state index in [0.717, 1.165) is 50.3 Å². The summed E-state index contributed by atoms with van der Waals surface area (Å²) in [5.41, 5.74) is 3.03. The van der Waals surface area contributed by atoms with Gasteiger partial charge >= 0.3 is 6.18 Å². The van der Waals surface area contributed by atoms with Crippen LogP contribution in [0.15, 0.2) is 11.2 Å². The molecule has 10 heteroatoms. The van der Waals surface area contributed by atoms with E-state index in [0.29, 0.717) is 18.9 Å². The first-order valence-corrected chi connectivity index (χ1v) is 11.1. The Kier molecular flexibility index (Phi) is 5.74. The van der Waals surface area contributed by atoms with Gasteiger partial charge in [-0.2, -0.15) is 18.3 Å². The number of alkyl halides is 3. The van der Waals surface area contributed by atoms with Gasteiger partial charge in [-0.25, -0.2) is 9.97 Å². The van der Waals surface area contributed by atoms with Crippen molar-refractivity contribution in [1.29, 1.82) is 0 Å². The van der Waals surface area contributed by atoms with E-state index in [1.54, 1.807) is 6.26 Å². The van der Waals surface area contributed by atoms with Crippen LogP contribution in [0.4, 0.5) is 19.0 Å². The average Bonchev–Trinajstić information content (AvgIpc) is 3.03. The maximum absolute atomic E-state index is 13.2. The Morgan fingerprint density at radius 3 is 2.48 bits per heavy atom. The lowest BCUT2D eigenvalue weighted by Crippen LogP contribution is -2.46. The van der Waals surface area contributed by atoms with Crippen LogP contribution in [-0.4, -0.2) is 57.1 Å². The van der Waals surface area contributed by atoms with Gasteiger partial charge in [0, 0.05) is 45.8 Å². The van der Waals surface area contributed by atoms with Gasteiger partial charge in [-0.05, 0) is 37.5 Å². The third-order valence-electron chi connectivity index (χ3n) is 5.68. The largest absolute Gasteiger partial charge is 0.433 e. The molecule has 0 saturated carbocycles. The van der Waals surface area contributed by atoms with Crippen LogP contribution < -0.4 is 4.90 Å². The number of hydrogen-bond donors (Lipinski definition) is 0. The van der Waals surface area contributed by atoms with E-state index in [4.69, 9.17) is 0 Å². The zero-order valence-corrected chi connectivity index (χ0v) is 17.5. The molecule has 0 N–H and O–H groups in total. The summed E-state index contributed by atoms with van der Waals surface area (Å²) < 4.78 is 41.5. The summed E-state index contributed by atoms with van der Waals surface area (Å²) >= 11 is 1.13. The van der Waals surface area contributed by atoms with Crippen molar-refractivity contribution in [2.75, 3.05) is 37.3 Å². The van der Waals surface area contributed by atoms with Crippen LogP contribution in [0.1, 0.15) is 35.5 Å². The highest BCUT2D eigenvalue weighted by Crippen LogP contribution is 2.31. The van der Waals surface area contributed by atoms with Crippen LogP contribution in [0.2, 0.25) is 0 Å². The summed E-state index contributed by atoms with van der Waals surface area (Å²) in [4.78, 5) is 12.2. The minimum atomic E-state index is -4.47. The van der Waals surface area contributed by atoms with Gasteiger partial charge in [-0.15, -0.1) is 0 Å². The van der Waals surface area contributed by atoms with Gasteiger partial charge in [0.25, 0.3) is 0 Å². The monoisotopic (exact) mass is 426 g/mol. The quantitative estimate of drug-likeness (QED) is 0.553. The van der Waals surface area contributed by atoms with Crippen LogP contribution in [0.25, 0.3) is 0 Å². The number of hydrogen-bond acceptors (Lipinski definition) is 6.